The van der Waals surface area contributed by atoms with E-state index in [2.05, 4.69) is 12.1 Å². The summed E-state index contributed by atoms with van der Waals surface area (Å²) < 4.78 is 0. The van der Waals surface area contributed by atoms with E-state index in [0.717, 1.165) is 9.92 Å². The van der Waals surface area contributed by atoms with Gasteiger partial charge in [-0.15, -0.1) is 11.8 Å². The maximum Gasteiger partial charge on any atom is 0.131 e. The first-order chi connectivity index (χ1) is 9.15. The molecule has 0 radical (unpaired) electrons. The van der Waals surface area contributed by atoms with Gasteiger partial charge in [-0.1, -0.05) is 41.9 Å². The number of Topliss-reactive ketones (excluding diaryl/α,β-unsaturated/α-hetero) is 1. The molecule has 0 aliphatic heterocycles. The molecule has 2 aromatic rings. The molecule has 1 nitrogen and oxygen atoms in total. The van der Waals surface area contributed by atoms with E-state index in [1.165, 1.54) is 5.56 Å². The van der Waals surface area contributed by atoms with Crippen molar-refractivity contribution >= 4 is 29.1 Å². The number of carbonyl (C=O) groups excluding carboxylic acids is 1. The fraction of sp³-hybridized carbons (Fsp3) is 0.188. The third kappa shape index (κ3) is 4.41. The molecule has 0 aliphatic carbocycles. The Hall–Kier alpha value is -1.25. The summed E-state index contributed by atoms with van der Waals surface area (Å²) in [5, 5.41) is 0.882. The minimum atomic E-state index is 0.153. The SMILES string of the molecule is CC(=O)C[C@H](Sc1ccc(Cl)cc1)c1ccccc1. The molecule has 2 aromatic carbocycles. The van der Waals surface area contributed by atoms with Crippen LogP contribution in [0.2, 0.25) is 5.02 Å². The van der Waals surface area contributed by atoms with Crippen molar-refractivity contribution in [2.75, 3.05) is 0 Å². The molecule has 0 saturated heterocycles. The van der Waals surface area contributed by atoms with Gasteiger partial charge >= 0.3 is 0 Å². The second kappa shape index (κ2) is 6.78. The summed E-state index contributed by atoms with van der Waals surface area (Å²) >= 11 is 7.59. The first kappa shape index (κ1) is 14.2. The third-order valence-electron chi connectivity index (χ3n) is 2.74. The van der Waals surface area contributed by atoms with Crippen molar-refractivity contribution < 1.29 is 4.79 Å². The van der Waals surface area contributed by atoms with Crippen LogP contribution in [-0.4, -0.2) is 5.78 Å². The van der Waals surface area contributed by atoms with Gasteiger partial charge in [-0.05, 0) is 36.8 Å². The maximum atomic E-state index is 11.4. The van der Waals surface area contributed by atoms with Crippen molar-refractivity contribution in [1.29, 1.82) is 0 Å². The van der Waals surface area contributed by atoms with Crippen molar-refractivity contribution in [3.63, 3.8) is 0 Å². The summed E-state index contributed by atoms with van der Waals surface area (Å²) in [6.07, 6.45) is 0.539. The highest BCUT2D eigenvalue weighted by Crippen LogP contribution is 2.38. The lowest BCUT2D eigenvalue weighted by molar-refractivity contribution is -0.117. The number of hydrogen-bond acceptors (Lipinski definition) is 2. The minimum Gasteiger partial charge on any atom is -0.300 e. The number of carbonyl (C=O) groups is 1. The second-order valence-corrected chi connectivity index (χ2v) is 6.09. The van der Waals surface area contributed by atoms with Crippen LogP contribution in [0.1, 0.15) is 24.2 Å². The Morgan fingerprint density at radius 1 is 1.11 bits per heavy atom. The van der Waals surface area contributed by atoms with Crippen molar-refractivity contribution in [2.45, 2.75) is 23.5 Å². The summed E-state index contributed by atoms with van der Waals surface area (Å²) in [4.78, 5) is 12.6. The number of rotatable bonds is 5. The van der Waals surface area contributed by atoms with Gasteiger partial charge in [0.05, 0.1) is 0 Å². The normalized spacial score (nSPS) is 12.1. The zero-order valence-corrected chi connectivity index (χ0v) is 12.2. The lowest BCUT2D eigenvalue weighted by atomic mass is 10.1. The molecule has 0 N–H and O–H groups in total. The molecular formula is C16H15ClOS. The average Bonchev–Trinajstić information content (AvgIpc) is 2.41. The molecule has 0 saturated carbocycles. The number of halogens is 1. The molecule has 2 rings (SSSR count). The van der Waals surface area contributed by atoms with E-state index in [9.17, 15) is 4.79 Å². The highest BCUT2D eigenvalue weighted by atomic mass is 35.5. The van der Waals surface area contributed by atoms with Crippen LogP contribution >= 0.6 is 23.4 Å². The van der Waals surface area contributed by atoms with Gasteiger partial charge in [0.1, 0.15) is 5.78 Å². The lowest BCUT2D eigenvalue weighted by Crippen LogP contribution is -2.00. The maximum absolute atomic E-state index is 11.4. The molecule has 0 heterocycles. The van der Waals surface area contributed by atoms with Gasteiger partial charge in [-0.25, -0.2) is 0 Å². The zero-order valence-electron chi connectivity index (χ0n) is 10.7. The molecule has 0 aliphatic rings. The average molecular weight is 291 g/mol. The lowest BCUT2D eigenvalue weighted by Gasteiger charge is -2.15. The van der Waals surface area contributed by atoms with Gasteiger partial charge in [0.25, 0.3) is 0 Å². The Bertz CT molecular complexity index is 536. The van der Waals surface area contributed by atoms with Crippen LogP contribution in [0.25, 0.3) is 0 Å². The molecule has 0 amide bonds. The van der Waals surface area contributed by atoms with Crippen LogP contribution < -0.4 is 0 Å². The molecule has 0 spiro atoms. The van der Waals surface area contributed by atoms with E-state index >= 15 is 0 Å². The number of benzene rings is 2. The van der Waals surface area contributed by atoms with Crippen molar-refractivity contribution in [2.24, 2.45) is 0 Å². The van der Waals surface area contributed by atoms with E-state index in [1.807, 2.05) is 42.5 Å². The Morgan fingerprint density at radius 2 is 1.74 bits per heavy atom. The fourth-order valence-electron chi connectivity index (χ4n) is 1.83. The molecular weight excluding hydrogens is 276 g/mol. The zero-order chi connectivity index (χ0) is 13.7. The van der Waals surface area contributed by atoms with Gasteiger partial charge in [-0.2, -0.15) is 0 Å². The summed E-state index contributed by atoms with van der Waals surface area (Å²) in [5.74, 6) is 0.204. The van der Waals surface area contributed by atoms with Crippen LogP contribution in [0.3, 0.4) is 0 Å². The number of hydrogen-bond donors (Lipinski definition) is 0. The van der Waals surface area contributed by atoms with E-state index in [0.29, 0.717) is 6.42 Å². The Morgan fingerprint density at radius 3 is 2.32 bits per heavy atom. The molecule has 0 fully saturated rings. The first-order valence-electron chi connectivity index (χ1n) is 6.12. The minimum absolute atomic E-state index is 0.153. The molecule has 98 valence electrons. The Labute approximate surface area is 123 Å². The molecule has 0 unspecified atom stereocenters. The molecule has 19 heavy (non-hydrogen) atoms. The summed E-state index contributed by atoms with van der Waals surface area (Å²) in [5.41, 5.74) is 1.18. The van der Waals surface area contributed by atoms with Gasteiger partial charge in [0.2, 0.25) is 0 Å². The third-order valence-corrected chi connectivity index (χ3v) is 4.26. The van der Waals surface area contributed by atoms with Crippen LogP contribution in [0.4, 0.5) is 0 Å². The predicted molar refractivity (Wildman–Crippen MR) is 81.8 cm³/mol. The summed E-state index contributed by atoms with van der Waals surface area (Å²) in [7, 11) is 0. The standard InChI is InChI=1S/C16H15ClOS/c1-12(18)11-16(13-5-3-2-4-6-13)19-15-9-7-14(17)8-10-15/h2-10,16H,11H2,1H3/t16-/m0/s1. The monoisotopic (exact) mass is 290 g/mol. The molecule has 0 bridgehead atoms. The van der Waals surface area contributed by atoms with Crippen LogP contribution in [0.5, 0.6) is 0 Å². The van der Waals surface area contributed by atoms with E-state index in [1.54, 1.807) is 18.7 Å². The Balaban J connectivity index is 2.19. The predicted octanol–water partition coefficient (Wildman–Crippen LogP) is 5.15. The second-order valence-electron chi connectivity index (χ2n) is 4.38. The van der Waals surface area contributed by atoms with Gasteiger partial charge < -0.3 is 0 Å². The van der Waals surface area contributed by atoms with Gasteiger partial charge in [-0.3, -0.25) is 4.79 Å². The number of ketones is 1. The van der Waals surface area contributed by atoms with E-state index in [4.69, 9.17) is 11.6 Å². The van der Waals surface area contributed by atoms with E-state index < -0.39 is 0 Å². The van der Waals surface area contributed by atoms with E-state index in [-0.39, 0.29) is 11.0 Å². The molecule has 0 aromatic heterocycles. The van der Waals surface area contributed by atoms with Crippen molar-refractivity contribution in [3.8, 4) is 0 Å². The highest BCUT2D eigenvalue weighted by Gasteiger charge is 2.15. The van der Waals surface area contributed by atoms with Crippen molar-refractivity contribution in [1.82, 2.24) is 0 Å². The Kier molecular flexibility index (Phi) is 5.06. The quantitative estimate of drug-likeness (QED) is 0.708. The fourth-order valence-corrected chi connectivity index (χ4v) is 3.19. The summed E-state index contributed by atoms with van der Waals surface area (Å²) in [6, 6.07) is 17.9. The number of thioether (sulfide) groups is 1. The first-order valence-corrected chi connectivity index (χ1v) is 7.37. The van der Waals surface area contributed by atoms with Crippen LogP contribution in [0, 0.1) is 0 Å². The van der Waals surface area contributed by atoms with Gasteiger partial charge in [0.15, 0.2) is 0 Å². The van der Waals surface area contributed by atoms with Crippen LogP contribution in [-0.2, 0) is 4.79 Å². The summed E-state index contributed by atoms with van der Waals surface area (Å²) in [6.45, 7) is 1.64. The van der Waals surface area contributed by atoms with Crippen molar-refractivity contribution in [3.05, 3.63) is 65.2 Å². The van der Waals surface area contributed by atoms with Gasteiger partial charge in [0, 0.05) is 21.6 Å². The molecule has 3 heteroatoms. The highest BCUT2D eigenvalue weighted by molar-refractivity contribution is 7.99. The molecule has 1 atom stereocenters. The smallest absolute Gasteiger partial charge is 0.131 e. The van der Waals surface area contributed by atoms with Crippen LogP contribution in [0.15, 0.2) is 59.5 Å². The topological polar surface area (TPSA) is 17.1 Å². The largest absolute Gasteiger partial charge is 0.300 e.